The number of carbonyl (C=O) groups is 2. The van der Waals surface area contributed by atoms with E-state index in [0.29, 0.717) is 19.6 Å². The highest BCUT2D eigenvalue weighted by Crippen LogP contribution is 2.24. The Kier molecular flexibility index (Phi) is 4.18. The summed E-state index contributed by atoms with van der Waals surface area (Å²) in [5, 5.41) is 2.89. The van der Waals surface area contributed by atoms with Gasteiger partial charge in [0, 0.05) is 44.1 Å². The Bertz CT molecular complexity index is 639. The van der Waals surface area contributed by atoms with Crippen molar-refractivity contribution in [1.29, 1.82) is 0 Å². The highest BCUT2D eigenvalue weighted by molar-refractivity contribution is 6.00. The Morgan fingerprint density at radius 1 is 1.32 bits per heavy atom. The first kappa shape index (κ1) is 14.3. The van der Waals surface area contributed by atoms with Gasteiger partial charge >= 0.3 is 0 Å². The molecule has 22 heavy (non-hydrogen) atoms. The van der Waals surface area contributed by atoms with Crippen LogP contribution in [0.3, 0.4) is 0 Å². The van der Waals surface area contributed by atoms with Crippen molar-refractivity contribution in [3.63, 3.8) is 0 Å². The van der Waals surface area contributed by atoms with E-state index in [0.717, 1.165) is 5.69 Å². The molecule has 6 heteroatoms. The summed E-state index contributed by atoms with van der Waals surface area (Å²) in [7, 11) is 0. The third kappa shape index (κ3) is 3.16. The van der Waals surface area contributed by atoms with E-state index in [-0.39, 0.29) is 24.2 Å². The van der Waals surface area contributed by atoms with Crippen LogP contribution in [0.2, 0.25) is 0 Å². The third-order valence-corrected chi connectivity index (χ3v) is 3.79. The molecule has 3 rings (SSSR count). The summed E-state index contributed by atoms with van der Waals surface area (Å²) < 4.78 is 1.90. The molecule has 1 N–H and O–H groups in total. The summed E-state index contributed by atoms with van der Waals surface area (Å²) in [6, 6.07) is 9.46. The maximum Gasteiger partial charge on any atom is 0.227 e. The highest BCUT2D eigenvalue weighted by Gasteiger charge is 2.34. The van der Waals surface area contributed by atoms with Crippen molar-refractivity contribution in [2.24, 2.45) is 5.92 Å². The molecule has 1 aromatic heterocycles. The molecule has 0 aliphatic carbocycles. The fourth-order valence-electron chi connectivity index (χ4n) is 2.61. The van der Waals surface area contributed by atoms with Gasteiger partial charge in [0.25, 0.3) is 0 Å². The Labute approximate surface area is 128 Å². The Balaban J connectivity index is 1.53. The quantitative estimate of drug-likeness (QED) is 0.897. The SMILES string of the molecule is O=C(NCCn1ccnc1)[C@@H]1CC(=O)N(c2ccccc2)C1. The summed E-state index contributed by atoms with van der Waals surface area (Å²) in [6.45, 7) is 1.65. The molecule has 6 nitrogen and oxygen atoms in total. The molecule has 0 unspecified atom stereocenters. The van der Waals surface area contributed by atoms with Crippen LogP contribution in [0.25, 0.3) is 0 Å². The molecule has 0 radical (unpaired) electrons. The fraction of sp³-hybridized carbons (Fsp3) is 0.312. The first-order valence-electron chi connectivity index (χ1n) is 7.33. The normalized spacial score (nSPS) is 17.7. The van der Waals surface area contributed by atoms with Crippen molar-refractivity contribution in [1.82, 2.24) is 14.9 Å². The summed E-state index contributed by atoms with van der Waals surface area (Å²) in [4.78, 5) is 29.9. The van der Waals surface area contributed by atoms with E-state index in [1.165, 1.54) is 0 Å². The number of rotatable bonds is 5. The van der Waals surface area contributed by atoms with E-state index in [1.54, 1.807) is 17.4 Å². The number of imidazole rings is 1. The summed E-state index contributed by atoms with van der Waals surface area (Å²) in [5.41, 5.74) is 0.848. The van der Waals surface area contributed by atoms with Crippen LogP contribution in [-0.2, 0) is 16.1 Å². The Morgan fingerprint density at radius 2 is 2.14 bits per heavy atom. The van der Waals surface area contributed by atoms with Gasteiger partial charge in [0.15, 0.2) is 0 Å². The number of para-hydroxylation sites is 1. The van der Waals surface area contributed by atoms with Gasteiger partial charge in [0.1, 0.15) is 0 Å². The molecule has 1 fully saturated rings. The number of hydrogen-bond donors (Lipinski definition) is 1. The molecule has 1 saturated heterocycles. The Hall–Kier alpha value is -2.63. The molecule has 0 bridgehead atoms. The minimum Gasteiger partial charge on any atom is -0.354 e. The van der Waals surface area contributed by atoms with Crippen molar-refractivity contribution in [2.45, 2.75) is 13.0 Å². The molecule has 0 spiro atoms. The van der Waals surface area contributed by atoms with Gasteiger partial charge in [0.2, 0.25) is 11.8 Å². The molecule has 2 amide bonds. The maximum absolute atomic E-state index is 12.2. The average molecular weight is 298 g/mol. The summed E-state index contributed by atoms with van der Waals surface area (Å²) in [5.74, 6) is -0.344. The van der Waals surface area contributed by atoms with E-state index < -0.39 is 0 Å². The number of nitrogens with one attached hydrogen (secondary N) is 1. The van der Waals surface area contributed by atoms with Gasteiger partial charge in [-0.3, -0.25) is 9.59 Å². The molecular formula is C16H18N4O2. The van der Waals surface area contributed by atoms with Gasteiger partial charge in [-0.2, -0.15) is 0 Å². The Morgan fingerprint density at radius 3 is 2.86 bits per heavy atom. The van der Waals surface area contributed by atoms with E-state index in [2.05, 4.69) is 10.3 Å². The largest absolute Gasteiger partial charge is 0.354 e. The molecule has 2 aromatic rings. The lowest BCUT2D eigenvalue weighted by molar-refractivity contribution is -0.126. The molecule has 0 saturated carbocycles. The van der Waals surface area contributed by atoms with Gasteiger partial charge in [-0.15, -0.1) is 0 Å². The van der Waals surface area contributed by atoms with Crippen LogP contribution in [0.1, 0.15) is 6.42 Å². The lowest BCUT2D eigenvalue weighted by atomic mass is 10.1. The van der Waals surface area contributed by atoms with Crippen LogP contribution in [-0.4, -0.2) is 34.5 Å². The minimum absolute atomic E-state index is 0.000889. The van der Waals surface area contributed by atoms with Crippen molar-refractivity contribution in [3.8, 4) is 0 Å². The minimum atomic E-state index is -0.282. The van der Waals surface area contributed by atoms with Crippen molar-refractivity contribution < 1.29 is 9.59 Å². The second kappa shape index (κ2) is 6.43. The zero-order valence-electron chi connectivity index (χ0n) is 12.2. The van der Waals surface area contributed by atoms with E-state index >= 15 is 0 Å². The monoisotopic (exact) mass is 298 g/mol. The molecule has 1 aliphatic rings. The van der Waals surface area contributed by atoms with Crippen LogP contribution in [0.4, 0.5) is 5.69 Å². The predicted molar refractivity (Wildman–Crippen MR) is 82.1 cm³/mol. The lowest BCUT2D eigenvalue weighted by Gasteiger charge is -2.16. The number of benzene rings is 1. The van der Waals surface area contributed by atoms with E-state index in [9.17, 15) is 9.59 Å². The second-order valence-corrected chi connectivity index (χ2v) is 5.33. The molecule has 2 heterocycles. The topological polar surface area (TPSA) is 67.2 Å². The van der Waals surface area contributed by atoms with Crippen LogP contribution in [0, 0.1) is 5.92 Å². The molecular weight excluding hydrogens is 280 g/mol. The van der Waals surface area contributed by atoms with Gasteiger partial charge in [-0.1, -0.05) is 18.2 Å². The smallest absolute Gasteiger partial charge is 0.227 e. The second-order valence-electron chi connectivity index (χ2n) is 5.33. The van der Waals surface area contributed by atoms with Crippen LogP contribution >= 0.6 is 0 Å². The first-order chi connectivity index (χ1) is 10.7. The molecule has 1 aliphatic heterocycles. The lowest BCUT2D eigenvalue weighted by Crippen LogP contribution is -2.34. The number of aromatic nitrogens is 2. The van der Waals surface area contributed by atoms with Gasteiger partial charge < -0.3 is 14.8 Å². The zero-order chi connectivity index (χ0) is 15.4. The predicted octanol–water partition coefficient (Wildman–Crippen LogP) is 1.05. The summed E-state index contributed by atoms with van der Waals surface area (Å²) in [6.07, 6.45) is 5.53. The third-order valence-electron chi connectivity index (χ3n) is 3.79. The molecule has 1 atom stereocenters. The fourth-order valence-corrected chi connectivity index (χ4v) is 2.61. The zero-order valence-corrected chi connectivity index (χ0v) is 12.2. The van der Waals surface area contributed by atoms with Gasteiger partial charge in [-0.25, -0.2) is 4.98 Å². The van der Waals surface area contributed by atoms with Crippen molar-refractivity contribution >= 4 is 17.5 Å². The van der Waals surface area contributed by atoms with E-state index in [4.69, 9.17) is 0 Å². The maximum atomic E-state index is 12.2. The van der Waals surface area contributed by atoms with Gasteiger partial charge in [-0.05, 0) is 12.1 Å². The van der Waals surface area contributed by atoms with Crippen molar-refractivity contribution in [3.05, 3.63) is 49.1 Å². The number of anilines is 1. The van der Waals surface area contributed by atoms with E-state index in [1.807, 2.05) is 41.1 Å². The average Bonchev–Trinajstić information content (AvgIpc) is 3.17. The summed E-state index contributed by atoms with van der Waals surface area (Å²) >= 11 is 0. The van der Waals surface area contributed by atoms with Crippen LogP contribution in [0.5, 0.6) is 0 Å². The van der Waals surface area contributed by atoms with Crippen LogP contribution in [0.15, 0.2) is 49.1 Å². The standard InChI is InChI=1S/C16H18N4O2/c21-15-10-13(11-20(15)14-4-2-1-3-5-14)16(22)18-7-9-19-8-6-17-12-19/h1-6,8,12-13H,7,9-11H2,(H,18,22)/t13-/m1/s1. The first-order valence-corrected chi connectivity index (χ1v) is 7.33. The number of carbonyl (C=O) groups excluding carboxylic acids is 2. The number of nitrogens with zero attached hydrogens (tertiary/aromatic N) is 3. The number of amides is 2. The molecule has 114 valence electrons. The van der Waals surface area contributed by atoms with Crippen LogP contribution < -0.4 is 10.2 Å². The molecule has 1 aromatic carbocycles. The highest BCUT2D eigenvalue weighted by atomic mass is 16.2. The number of hydrogen-bond acceptors (Lipinski definition) is 3. The van der Waals surface area contributed by atoms with Crippen molar-refractivity contribution in [2.75, 3.05) is 18.0 Å². The van der Waals surface area contributed by atoms with Gasteiger partial charge in [0.05, 0.1) is 12.2 Å².